The zero-order chi connectivity index (χ0) is 17.5. The molecule has 0 aliphatic heterocycles. The second kappa shape index (κ2) is 8.36. The molecule has 0 radical (unpaired) electrons. The lowest BCUT2D eigenvalue weighted by molar-refractivity contribution is -0.147. The minimum Gasteiger partial charge on any atom is -0.497 e. The van der Waals surface area contributed by atoms with Gasteiger partial charge >= 0.3 is 5.97 Å². The number of halogens is 1. The van der Waals surface area contributed by atoms with Gasteiger partial charge in [0.05, 0.1) is 7.11 Å². The molecular weight excluding hydrogens is 330 g/mol. The van der Waals surface area contributed by atoms with E-state index in [-0.39, 0.29) is 12.5 Å². The van der Waals surface area contributed by atoms with Gasteiger partial charge in [0, 0.05) is 16.1 Å². The van der Waals surface area contributed by atoms with Crippen LogP contribution in [0.15, 0.2) is 48.5 Å². The number of methoxy groups -OCH3 is 1. The van der Waals surface area contributed by atoms with Gasteiger partial charge in [-0.25, -0.2) is 0 Å². The molecular formula is C18H18ClNO4. The number of amides is 1. The lowest BCUT2D eigenvalue weighted by atomic mass is 10.1. The molecule has 126 valence electrons. The fraction of sp³-hybridized carbons (Fsp3) is 0.222. The first-order chi connectivity index (χ1) is 11.5. The Kier molecular flexibility index (Phi) is 6.21. The topological polar surface area (TPSA) is 64.6 Å². The normalized spacial score (nSPS) is 11.5. The van der Waals surface area contributed by atoms with Crippen molar-refractivity contribution in [3.8, 4) is 5.75 Å². The third-order valence-electron chi connectivity index (χ3n) is 3.40. The molecule has 0 aliphatic rings. The van der Waals surface area contributed by atoms with E-state index in [0.29, 0.717) is 21.9 Å². The highest BCUT2D eigenvalue weighted by Crippen LogP contribution is 2.24. The number of carbonyl (C=O) groups excluding carboxylic acids is 2. The molecule has 0 aliphatic carbocycles. The van der Waals surface area contributed by atoms with E-state index in [9.17, 15) is 9.59 Å². The standard InChI is InChI=1S/C18H18ClNO4/c1-12(15-5-3-4-6-16(15)19)24-17(21)11-20-18(22)13-7-9-14(23-2)10-8-13/h3-10,12H,11H2,1-2H3,(H,20,22)/t12-/m1/s1. The summed E-state index contributed by atoms with van der Waals surface area (Å²) < 4.78 is 10.3. The smallest absolute Gasteiger partial charge is 0.326 e. The summed E-state index contributed by atoms with van der Waals surface area (Å²) in [4.78, 5) is 23.9. The van der Waals surface area contributed by atoms with Crippen molar-refractivity contribution in [2.45, 2.75) is 13.0 Å². The molecule has 0 spiro atoms. The second-order valence-electron chi connectivity index (χ2n) is 5.06. The molecule has 6 heteroatoms. The quantitative estimate of drug-likeness (QED) is 0.813. The minimum atomic E-state index is -0.538. The Balaban J connectivity index is 1.86. The molecule has 0 saturated heterocycles. The van der Waals surface area contributed by atoms with Crippen molar-refractivity contribution < 1.29 is 19.1 Å². The Morgan fingerprint density at radius 1 is 1.12 bits per heavy atom. The van der Waals surface area contributed by atoms with Gasteiger partial charge in [0.25, 0.3) is 5.91 Å². The number of nitrogens with one attached hydrogen (secondary N) is 1. The van der Waals surface area contributed by atoms with Crippen molar-refractivity contribution in [1.29, 1.82) is 0 Å². The monoisotopic (exact) mass is 347 g/mol. The van der Waals surface area contributed by atoms with Crippen LogP contribution >= 0.6 is 11.6 Å². The molecule has 2 aromatic carbocycles. The van der Waals surface area contributed by atoms with Gasteiger partial charge in [-0.2, -0.15) is 0 Å². The summed E-state index contributed by atoms with van der Waals surface area (Å²) in [6.07, 6.45) is -0.496. The Labute approximate surface area is 145 Å². The van der Waals surface area contributed by atoms with Crippen LogP contribution in [0.25, 0.3) is 0 Å². The maximum atomic E-state index is 12.0. The fourth-order valence-corrected chi connectivity index (χ4v) is 2.39. The van der Waals surface area contributed by atoms with Crippen LogP contribution < -0.4 is 10.1 Å². The van der Waals surface area contributed by atoms with E-state index in [0.717, 1.165) is 0 Å². The van der Waals surface area contributed by atoms with Crippen LogP contribution in [0, 0.1) is 0 Å². The van der Waals surface area contributed by atoms with Crippen molar-refractivity contribution in [1.82, 2.24) is 5.32 Å². The van der Waals surface area contributed by atoms with Gasteiger partial charge in [-0.1, -0.05) is 29.8 Å². The summed E-state index contributed by atoms with van der Waals surface area (Å²) in [5.74, 6) is -0.246. The second-order valence-corrected chi connectivity index (χ2v) is 5.47. The van der Waals surface area contributed by atoms with E-state index < -0.39 is 12.1 Å². The van der Waals surface area contributed by atoms with Crippen molar-refractivity contribution in [3.63, 3.8) is 0 Å². The zero-order valence-electron chi connectivity index (χ0n) is 13.4. The minimum absolute atomic E-state index is 0.223. The molecule has 1 N–H and O–H groups in total. The number of benzene rings is 2. The molecule has 2 rings (SSSR count). The Morgan fingerprint density at radius 2 is 1.79 bits per heavy atom. The summed E-state index contributed by atoms with van der Waals surface area (Å²) in [5.41, 5.74) is 1.15. The van der Waals surface area contributed by atoms with Crippen molar-refractivity contribution in [2.24, 2.45) is 0 Å². The lowest BCUT2D eigenvalue weighted by Gasteiger charge is -2.15. The van der Waals surface area contributed by atoms with Gasteiger partial charge in [0.15, 0.2) is 0 Å². The van der Waals surface area contributed by atoms with E-state index in [1.165, 1.54) is 0 Å². The van der Waals surface area contributed by atoms with E-state index in [1.54, 1.807) is 56.5 Å². The number of esters is 1. The summed E-state index contributed by atoms with van der Waals surface area (Å²) >= 11 is 6.06. The molecule has 1 amide bonds. The summed E-state index contributed by atoms with van der Waals surface area (Å²) in [6, 6.07) is 13.7. The van der Waals surface area contributed by atoms with E-state index in [1.807, 2.05) is 6.07 Å². The predicted octanol–water partition coefficient (Wildman–Crippen LogP) is 3.38. The fourth-order valence-electron chi connectivity index (χ4n) is 2.10. The van der Waals surface area contributed by atoms with Gasteiger partial charge < -0.3 is 14.8 Å². The first-order valence-electron chi connectivity index (χ1n) is 7.37. The highest BCUT2D eigenvalue weighted by atomic mass is 35.5. The van der Waals surface area contributed by atoms with Crippen LogP contribution in [0.1, 0.15) is 28.9 Å². The molecule has 0 aromatic heterocycles. The highest BCUT2D eigenvalue weighted by molar-refractivity contribution is 6.31. The van der Waals surface area contributed by atoms with Gasteiger partial charge in [0.1, 0.15) is 18.4 Å². The first-order valence-corrected chi connectivity index (χ1v) is 7.75. The molecule has 0 saturated carbocycles. The van der Waals surface area contributed by atoms with Gasteiger partial charge in [0.2, 0.25) is 0 Å². The predicted molar refractivity (Wildman–Crippen MR) is 91.3 cm³/mol. The van der Waals surface area contributed by atoms with Gasteiger partial charge in [-0.3, -0.25) is 9.59 Å². The number of hydrogen-bond acceptors (Lipinski definition) is 4. The SMILES string of the molecule is COc1ccc(C(=O)NCC(=O)O[C@H](C)c2ccccc2Cl)cc1. The van der Waals surface area contributed by atoms with Crippen LogP contribution in [-0.2, 0) is 9.53 Å². The van der Waals surface area contributed by atoms with Crippen molar-refractivity contribution in [3.05, 3.63) is 64.7 Å². The maximum absolute atomic E-state index is 12.0. The van der Waals surface area contributed by atoms with Gasteiger partial charge in [-0.05, 0) is 37.3 Å². The van der Waals surface area contributed by atoms with E-state index in [2.05, 4.69) is 5.32 Å². The summed E-state index contributed by atoms with van der Waals surface area (Å²) in [5, 5.41) is 3.05. The van der Waals surface area contributed by atoms with Crippen molar-refractivity contribution >= 4 is 23.5 Å². The van der Waals surface area contributed by atoms with E-state index >= 15 is 0 Å². The van der Waals surface area contributed by atoms with Crippen LogP contribution in [0.5, 0.6) is 5.75 Å². The Hall–Kier alpha value is -2.53. The molecule has 0 bridgehead atoms. The summed E-state index contributed by atoms with van der Waals surface area (Å²) in [6.45, 7) is 1.50. The number of carbonyl (C=O) groups is 2. The zero-order valence-corrected chi connectivity index (χ0v) is 14.2. The van der Waals surface area contributed by atoms with Crippen LogP contribution in [0.3, 0.4) is 0 Å². The largest absolute Gasteiger partial charge is 0.497 e. The molecule has 0 heterocycles. The number of hydrogen-bond donors (Lipinski definition) is 1. The van der Waals surface area contributed by atoms with Crippen LogP contribution in [-0.4, -0.2) is 25.5 Å². The third-order valence-corrected chi connectivity index (χ3v) is 3.74. The lowest BCUT2D eigenvalue weighted by Crippen LogP contribution is -2.31. The van der Waals surface area contributed by atoms with Crippen LogP contribution in [0.4, 0.5) is 0 Å². The molecule has 1 atom stereocenters. The highest BCUT2D eigenvalue weighted by Gasteiger charge is 2.15. The third kappa shape index (κ3) is 4.73. The van der Waals surface area contributed by atoms with E-state index in [4.69, 9.17) is 21.1 Å². The Bertz CT molecular complexity index is 715. The first kappa shape index (κ1) is 17.8. The molecule has 24 heavy (non-hydrogen) atoms. The average Bonchev–Trinajstić information content (AvgIpc) is 2.60. The Morgan fingerprint density at radius 3 is 2.42 bits per heavy atom. The van der Waals surface area contributed by atoms with Crippen molar-refractivity contribution in [2.75, 3.05) is 13.7 Å². The molecule has 2 aromatic rings. The van der Waals surface area contributed by atoms with Crippen LogP contribution in [0.2, 0.25) is 5.02 Å². The molecule has 5 nitrogen and oxygen atoms in total. The number of ether oxygens (including phenoxy) is 2. The molecule has 0 fully saturated rings. The average molecular weight is 348 g/mol. The maximum Gasteiger partial charge on any atom is 0.326 e. The van der Waals surface area contributed by atoms with Gasteiger partial charge in [-0.15, -0.1) is 0 Å². The molecule has 0 unspecified atom stereocenters. The summed E-state index contributed by atoms with van der Waals surface area (Å²) in [7, 11) is 1.55. The number of rotatable bonds is 6.